The maximum Gasteiger partial charge on any atom is 0.412 e. The number of nitrogen functional groups attached to an aromatic ring is 1. The van der Waals surface area contributed by atoms with Crippen molar-refractivity contribution in [2.24, 2.45) is 0 Å². The molecule has 0 saturated heterocycles. The van der Waals surface area contributed by atoms with E-state index >= 15 is 0 Å². The smallest absolute Gasteiger partial charge is 0.412 e. The van der Waals surface area contributed by atoms with Crippen molar-refractivity contribution in [3.8, 4) is 0 Å². The first kappa shape index (κ1) is 19.9. The normalized spacial score (nSPS) is 11.4. The number of carbonyl (C=O) groups is 2. The lowest BCUT2D eigenvalue weighted by atomic mass is 10.2. The minimum absolute atomic E-state index is 0.0659. The number of nitrogens with two attached hydrogens (primary N) is 1. The molecule has 0 saturated carbocycles. The number of ether oxygens (including phenoxy) is 1. The van der Waals surface area contributed by atoms with Gasteiger partial charge in [0.05, 0.1) is 18.6 Å². The molecule has 0 bridgehead atoms. The Morgan fingerprint density at radius 3 is 2.68 bits per heavy atom. The van der Waals surface area contributed by atoms with E-state index in [2.05, 4.69) is 15.6 Å². The van der Waals surface area contributed by atoms with E-state index in [9.17, 15) is 19.7 Å². The quantitative estimate of drug-likeness (QED) is 0.477. The Morgan fingerprint density at radius 2 is 2.16 bits per heavy atom. The summed E-state index contributed by atoms with van der Waals surface area (Å²) in [5.41, 5.74) is 5.00. The third-order valence-electron chi connectivity index (χ3n) is 3.03. The first-order valence-corrected chi connectivity index (χ1v) is 7.18. The van der Waals surface area contributed by atoms with Crippen molar-refractivity contribution in [1.82, 2.24) is 10.0 Å². The molecule has 1 aromatic heterocycles. The number of hydroxylamine groups is 2. The monoisotopic (exact) mass is 356 g/mol. The lowest BCUT2D eigenvalue weighted by molar-refractivity contribution is -0.383. The Balaban J connectivity index is 3.17. The molecule has 25 heavy (non-hydrogen) atoms. The van der Waals surface area contributed by atoms with Crippen LogP contribution in [0.25, 0.3) is 0 Å². The Hall–Kier alpha value is -3.15. The minimum atomic E-state index is -0.874. The van der Waals surface area contributed by atoms with E-state index in [1.165, 1.54) is 27.1 Å². The van der Waals surface area contributed by atoms with E-state index in [1.54, 1.807) is 6.92 Å². The van der Waals surface area contributed by atoms with Crippen LogP contribution >= 0.6 is 0 Å². The zero-order valence-electron chi connectivity index (χ0n) is 14.2. The molecular formula is C13H20N6O6. The number of amides is 2. The van der Waals surface area contributed by atoms with Crippen LogP contribution in [0.3, 0.4) is 0 Å². The number of carbonyl (C=O) groups excluding carboxylic acids is 2. The summed E-state index contributed by atoms with van der Waals surface area (Å²) in [5.74, 6) is -0.975. The Labute approximate surface area is 143 Å². The Kier molecular flexibility index (Phi) is 6.87. The van der Waals surface area contributed by atoms with Crippen LogP contribution in [0.2, 0.25) is 0 Å². The van der Waals surface area contributed by atoms with Crippen molar-refractivity contribution >= 4 is 35.0 Å². The second-order valence-corrected chi connectivity index (χ2v) is 4.78. The zero-order valence-corrected chi connectivity index (χ0v) is 14.2. The number of hydrogen-bond donors (Lipinski definition) is 3. The summed E-state index contributed by atoms with van der Waals surface area (Å²) in [6.07, 6.45) is -0.794. The van der Waals surface area contributed by atoms with Gasteiger partial charge < -0.3 is 15.8 Å². The summed E-state index contributed by atoms with van der Waals surface area (Å²) < 4.78 is 4.71. The number of nitrogens with zero attached hydrogens (tertiary/aromatic N) is 3. The number of hydrogen-bond acceptors (Lipinski definition) is 9. The van der Waals surface area contributed by atoms with Crippen LogP contribution < -0.4 is 16.4 Å². The third kappa shape index (κ3) is 5.17. The van der Waals surface area contributed by atoms with Gasteiger partial charge in [-0.05, 0) is 13.8 Å². The largest absolute Gasteiger partial charge is 0.450 e. The van der Waals surface area contributed by atoms with Gasteiger partial charge in [0, 0.05) is 13.1 Å². The van der Waals surface area contributed by atoms with Crippen molar-refractivity contribution < 1.29 is 24.1 Å². The molecule has 1 rings (SSSR count). The molecule has 12 nitrogen and oxygen atoms in total. The predicted octanol–water partition coefficient (Wildman–Crippen LogP) is 0.961. The zero-order chi connectivity index (χ0) is 19.1. The number of rotatable bonds is 7. The number of anilines is 3. The first-order valence-electron chi connectivity index (χ1n) is 7.18. The predicted molar refractivity (Wildman–Crippen MR) is 88.8 cm³/mol. The Morgan fingerprint density at radius 1 is 1.52 bits per heavy atom. The molecule has 12 heteroatoms. The van der Waals surface area contributed by atoms with E-state index in [4.69, 9.17) is 15.3 Å². The van der Waals surface area contributed by atoms with Crippen LogP contribution in [0, 0.1) is 10.1 Å². The van der Waals surface area contributed by atoms with Gasteiger partial charge in [0.2, 0.25) is 5.82 Å². The SMILES string of the molecule is CCOC(=O)Nc1cc(N[C@H](C)C(=O)N(C)OC)c([N+](=O)[O-])c(N)n1. The molecule has 1 aromatic rings. The number of aromatic nitrogens is 1. The van der Waals surface area contributed by atoms with E-state index < -0.39 is 34.5 Å². The van der Waals surface area contributed by atoms with Crippen LogP contribution in [-0.2, 0) is 14.4 Å². The molecule has 0 aliphatic rings. The van der Waals surface area contributed by atoms with Crippen molar-refractivity contribution in [3.05, 3.63) is 16.2 Å². The van der Waals surface area contributed by atoms with Crippen molar-refractivity contribution in [3.63, 3.8) is 0 Å². The second-order valence-electron chi connectivity index (χ2n) is 4.78. The number of likely N-dealkylation sites (N-methyl/N-ethyl adjacent to an activating group) is 1. The molecule has 0 aromatic carbocycles. The van der Waals surface area contributed by atoms with E-state index in [1.807, 2.05) is 0 Å². The fraction of sp³-hybridized carbons (Fsp3) is 0.462. The average Bonchev–Trinajstić information content (AvgIpc) is 2.52. The van der Waals surface area contributed by atoms with Crippen LogP contribution in [0.4, 0.5) is 27.8 Å². The van der Waals surface area contributed by atoms with Crippen LogP contribution in [-0.4, -0.2) is 53.8 Å². The molecule has 1 atom stereocenters. The molecule has 0 spiro atoms. The molecule has 138 valence electrons. The van der Waals surface area contributed by atoms with Crippen LogP contribution in [0.15, 0.2) is 6.07 Å². The van der Waals surface area contributed by atoms with Gasteiger partial charge in [-0.15, -0.1) is 0 Å². The van der Waals surface area contributed by atoms with Gasteiger partial charge in [-0.3, -0.25) is 25.1 Å². The topological polar surface area (TPSA) is 162 Å². The highest BCUT2D eigenvalue weighted by molar-refractivity contribution is 5.88. The highest BCUT2D eigenvalue weighted by Crippen LogP contribution is 2.32. The van der Waals surface area contributed by atoms with Gasteiger partial charge in [0.1, 0.15) is 17.5 Å². The molecule has 1 heterocycles. The van der Waals surface area contributed by atoms with Crippen LogP contribution in [0.1, 0.15) is 13.8 Å². The van der Waals surface area contributed by atoms with E-state index in [0.29, 0.717) is 0 Å². The number of nitrogens with one attached hydrogen (secondary N) is 2. The average molecular weight is 356 g/mol. The minimum Gasteiger partial charge on any atom is -0.450 e. The summed E-state index contributed by atoms with van der Waals surface area (Å²) in [7, 11) is 2.70. The van der Waals surface area contributed by atoms with Crippen LogP contribution in [0.5, 0.6) is 0 Å². The fourth-order valence-corrected chi connectivity index (χ4v) is 1.85. The summed E-state index contributed by atoms with van der Waals surface area (Å²) in [6.45, 7) is 3.23. The molecule has 0 aliphatic heterocycles. The van der Waals surface area contributed by atoms with Gasteiger partial charge in [0.25, 0.3) is 5.91 Å². The molecule has 4 N–H and O–H groups in total. The second kappa shape index (κ2) is 8.63. The highest BCUT2D eigenvalue weighted by atomic mass is 16.7. The van der Waals surface area contributed by atoms with Gasteiger partial charge in [-0.2, -0.15) is 0 Å². The molecule has 0 radical (unpaired) electrons. The van der Waals surface area contributed by atoms with E-state index in [-0.39, 0.29) is 18.1 Å². The molecule has 0 aliphatic carbocycles. The van der Waals surface area contributed by atoms with Gasteiger partial charge >= 0.3 is 11.8 Å². The molecule has 0 fully saturated rings. The highest BCUT2D eigenvalue weighted by Gasteiger charge is 2.26. The molecule has 0 unspecified atom stereocenters. The van der Waals surface area contributed by atoms with Crippen molar-refractivity contribution in [1.29, 1.82) is 0 Å². The summed E-state index contributed by atoms with van der Waals surface area (Å²) >= 11 is 0. The summed E-state index contributed by atoms with van der Waals surface area (Å²) in [4.78, 5) is 42.5. The van der Waals surface area contributed by atoms with E-state index in [0.717, 1.165) is 5.06 Å². The Bertz CT molecular complexity index is 667. The standard InChI is InChI=1S/C13H20N6O6/c1-5-25-13(21)17-9-6-8(10(19(22)23)11(14)16-9)15-7(2)12(20)18(3)24-4/h6-7H,5H2,1-4H3,(H4,14,15,16,17,21)/t7-/m1/s1. The first-order chi connectivity index (χ1) is 11.7. The number of nitro groups is 1. The van der Waals surface area contributed by atoms with Crippen molar-refractivity contribution in [2.75, 3.05) is 37.1 Å². The van der Waals surface area contributed by atoms with Gasteiger partial charge in [-0.1, -0.05) is 0 Å². The summed E-state index contributed by atoms with van der Waals surface area (Å²) in [6, 6.07) is 0.308. The maximum absolute atomic E-state index is 12.0. The molecular weight excluding hydrogens is 336 g/mol. The summed E-state index contributed by atoms with van der Waals surface area (Å²) in [5, 5.41) is 17.2. The molecule has 2 amide bonds. The number of pyridine rings is 1. The van der Waals surface area contributed by atoms with Gasteiger partial charge in [0.15, 0.2) is 0 Å². The van der Waals surface area contributed by atoms with Gasteiger partial charge in [-0.25, -0.2) is 14.8 Å². The lowest BCUT2D eigenvalue weighted by Crippen LogP contribution is -2.38. The maximum atomic E-state index is 12.0. The van der Waals surface area contributed by atoms with Crippen molar-refractivity contribution in [2.45, 2.75) is 19.9 Å². The fourth-order valence-electron chi connectivity index (χ4n) is 1.85. The third-order valence-corrected chi connectivity index (χ3v) is 3.03. The lowest BCUT2D eigenvalue weighted by Gasteiger charge is -2.20.